The van der Waals surface area contributed by atoms with Crippen molar-refractivity contribution in [3.05, 3.63) is 57.3 Å². The van der Waals surface area contributed by atoms with Crippen LogP contribution in [0.2, 0.25) is 10.0 Å². The summed E-state index contributed by atoms with van der Waals surface area (Å²) in [5.41, 5.74) is 3.79. The second-order valence-electron chi connectivity index (χ2n) is 8.57. The number of anilines is 2. The van der Waals surface area contributed by atoms with Gasteiger partial charge in [0, 0.05) is 25.2 Å². The zero-order valence-corrected chi connectivity index (χ0v) is 16.9. The Morgan fingerprint density at radius 2 is 1.86 bits per heavy atom. The van der Waals surface area contributed by atoms with Gasteiger partial charge in [-0.3, -0.25) is 4.79 Å². The first kappa shape index (κ1) is 18.3. The maximum atomic E-state index is 13.4. The predicted octanol–water partition coefficient (Wildman–Crippen LogP) is 5.82. The van der Waals surface area contributed by atoms with Gasteiger partial charge in [0.05, 0.1) is 15.7 Å². The molecule has 0 radical (unpaired) electrons. The van der Waals surface area contributed by atoms with Gasteiger partial charge in [-0.15, -0.1) is 0 Å². The Balaban J connectivity index is 1.31. The molecule has 3 fully saturated rings. The minimum atomic E-state index is -0.197. The molecule has 1 N–H and O–H groups in total. The van der Waals surface area contributed by atoms with Crippen LogP contribution in [0, 0.1) is 17.2 Å². The molecule has 0 atom stereocenters. The normalized spacial score (nSPS) is 24.8. The number of fused-ring (bicyclic) bond motifs is 1. The van der Waals surface area contributed by atoms with Crippen LogP contribution in [0.4, 0.5) is 15.8 Å². The zero-order chi connectivity index (χ0) is 19.5. The maximum absolute atomic E-state index is 13.4. The lowest BCUT2D eigenvalue weighted by Crippen LogP contribution is -2.53. The molecule has 6 rings (SSSR count). The van der Waals surface area contributed by atoms with Crippen LogP contribution < -0.4 is 10.2 Å². The molecule has 1 aliphatic heterocycles. The topological polar surface area (TPSA) is 32.3 Å². The second-order valence-corrected chi connectivity index (χ2v) is 9.39. The van der Waals surface area contributed by atoms with E-state index in [4.69, 9.17) is 23.2 Å². The Bertz CT molecular complexity index is 937. The molecular formula is C22H21Cl2FN2O. The molecule has 2 aromatic rings. The van der Waals surface area contributed by atoms with Crippen LogP contribution in [0.1, 0.15) is 36.8 Å². The van der Waals surface area contributed by atoms with E-state index in [1.807, 2.05) is 18.2 Å². The zero-order valence-electron chi connectivity index (χ0n) is 15.4. The van der Waals surface area contributed by atoms with Gasteiger partial charge in [0.1, 0.15) is 5.82 Å². The quantitative estimate of drug-likeness (QED) is 0.677. The van der Waals surface area contributed by atoms with Gasteiger partial charge in [-0.25, -0.2) is 4.39 Å². The summed E-state index contributed by atoms with van der Waals surface area (Å²) < 4.78 is 13.4. The molecule has 1 heterocycles. The Hall–Kier alpha value is -1.78. The van der Waals surface area contributed by atoms with E-state index in [9.17, 15) is 9.18 Å². The lowest BCUT2D eigenvalue weighted by atomic mass is 9.43. The largest absolute Gasteiger partial charge is 0.367 e. The molecule has 28 heavy (non-hydrogen) atoms. The van der Waals surface area contributed by atoms with E-state index < -0.39 is 0 Å². The van der Waals surface area contributed by atoms with Crippen LogP contribution in [0.5, 0.6) is 0 Å². The van der Waals surface area contributed by atoms with Crippen LogP contribution >= 0.6 is 23.2 Å². The fourth-order valence-electron chi connectivity index (χ4n) is 5.00. The van der Waals surface area contributed by atoms with Crippen molar-refractivity contribution in [1.82, 2.24) is 0 Å². The fraction of sp³-hybridized carbons (Fsp3) is 0.409. The average molecular weight is 419 g/mol. The van der Waals surface area contributed by atoms with Crippen molar-refractivity contribution in [2.45, 2.75) is 38.6 Å². The summed E-state index contributed by atoms with van der Waals surface area (Å²) in [4.78, 5) is 14.6. The molecule has 2 bridgehead atoms. The monoisotopic (exact) mass is 418 g/mol. The van der Waals surface area contributed by atoms with Gasteiger partial charge < -0.3 is 10.2 Å². The van der Waals surface area contributed by atoms with Gasteiger partial charge in [0.15, 0.2) is 0 Å². The van der Waals surface area contributed by atoms with Crippen molar-refractivity contribution in [3.8, 4) is 0 Å². The van der Waals surface area contributed by atoms with Crippen molar-refractivity contribution in [2.24, 2.45) is 11.3 Å². The molecule has 3 saturated carbocycles. The van der Waals surface area contributed by atoms with Crippen molar-refractivity contribution in [2.75, 3.05) is 16.8 Å². The lowest BCUT2D eigenvalue weighted by molar-refractivity contribution is -0.139. The van der Waals surface area contributed by atoms with Crippen molar-refractivity contribution in [3.63, 3.8) is 0 Å². The van der Waals surface area contributed by atoms with E-state index >= 15 is 0 Å². The molecule has 4 aliphatic rings. The molecule has 146 valence electrons. The van der Waals surface area contributed by atoms with Crippen LogP contribution in [0.25, 0.3) is 0 Å². The van der Waals surface area contributed by atoms with Crippen LogP contribution in [-0.4, -0.2) is 12.5 Å². The molecule has 0 saturated heterocycles. The third-order valence-corrected chi connectivity index (χ3v) is 7.13. The Kier molecular flexibility index (Phi) is 4.33. The van der Waals surface area contributed by atoms with E-state index in [-0.39, 0.29) is 17.1 Å². The Morgan fingerprint density at radius 3 is 2.50 bits per heavy atom. The summed E-state index contributed by atoms with van der Waals surface area (Å²) >= 11 is 12.9. The number of nitrogens with one attached hydrogen (secondary N) is 1. The smallest absolute Gasteiger partial charge is 0.225 e. The molecule has 0 aromatic heterocycles. The van der Waals surface area contributed by atoms with E-state index in [2.05, 4.69) is 10.2 Å². The summed E-state index contributed by atoms with van der Waals surface area (Å²) in [5, 5.41) is 3.80. The summed E-state index contributed by atoms with van der Waals surface area (Å²) in [5.74, 6) is 0.645. The number of benzene rings is 2. The van der Waals surface area contributed by atoms with E-state index in [0.717, 1.165) is 35.7 Å². The number of hydrogen-bond acceptors (Lipinski definition) is 2. The first-order chi connectivity index (χ1) is 13.4. The number of nitrogens with zero attached hydrogens (tertiary/aromatic N) is 1. The summed E-state index contributed by atoms with van der Waals surface area (Å²) in [6.45, 7) is 1.44. The Labute approximate surface area is 173 Å². The van der Waals surface area contributed by atoms with E-state index in [1.54, 1.807) is 6.07 Å². The average Bonchev–Trinajstić information content (AvgIpc) is 2.59. The highest BCUT2D eigenvalue weighted by molar-refractivity contribution is 6.40. The third kappa shape index (κ3) is 3.17. The highest BCUT2D eigenvalue weighted by Gasteiger charge is 2.56. The molecule has 1 amide bonds. The number of carbonyl (C=O) groups is 1. The van der Waals surface area contributed by atoms with Crippen LogP contribution in [0.3, 0.4) is 0 Å². The van der Waals surface area contributed by atoms with Crippen molar-refractivity contribution < 1.29 is 9.18 Å². The summed E-state index contributed by atoms with van der Waals surface area (Å²) in [7, 11) is 0. The second kappa shape index (κ2) is 6.64. The SMILES string of the molecule is O=C(CC12CC(C1)C2)Nc1c(Cl)cc(N2CCc3cc(F)ccc3C2)cc1Cl. The fourth-order valence-corrected chi connectivity index (χ4v) is 5.57. The van der Waals surface area contributed by atoms with Gasteiger partial charge >= 0.3 is 0 Å². The molecule has 3 aliphatic carbocycles. The molecular weight excluding hydrogens is 398 g/mol. The van der Waals surface area contributed by atoms with Gasteiger partial charge in [-0.2, -0.15) is 0 Å². The lowest BCUT2D eigenvalue weighted by Gasteiger charge is -2.61. The number of amides is 1. The highest BCUT2D eigenvalue weighted by Crippen LogP contribution is 2.66. The standard InChI is InChI=1S/C22H21Cl2FN2O/c23-18-6-17(27-4-3-14-5-16(25)2-1-15(14)12-27)7-19(24)21(18)26-20(28)11-22-8-13(9-22)10-22/h1-2,5-7,13H,3-4,8-12H2,(H,26,28). The Morgan fingerprint density at radius 1 is 1.14 bits per heavy atom. The number of carbonyl (C=O) groups excluding carboxylic acids is 1. The van der Waals surface area contributed by atoms with Crippen molar-refractivity contribution in [1.29, 1.82) is 0 Å². The number of rotatable bonds is 4. The molecule has 2 aromatic carbocycles. The molecule has 0 unspecified atom stereocenters. The summed E-state index contributed by atoms with van der Waals surface area (Å²) in [6.07, 6.45) is 4.87. The van der Waals surface area contributed by atoms with Crippen molar-refractivity contribution >= 4 is 40.5 Å². The number of halogens is 3. The van der Waals surface area contributed by atoms with Crippen LogP contribution in [0.15, 0.2) is 30.3 Å². The van der Waals surface area contributed by atoms with E-state index in [1.165, 1.54) is 25.3 Å². The van der Waals surface area contributed by atoms with Crippen LogP contribution in [-0.2, 0) is 17.8 Å². The minimum absolute atomic E-state index is 0.0105. The highest BCUT2D eigenvalue weighted by atomic mass is 35.5. The van der Waals surface area contributed by atoms with Gasteiger partial charge in [0.2, 0.25) is 5.91 Å². The van der Waals surface area contributed by atoms with Gasteiger partial charge in [-0.1, -0.05) is 29.3 Å². The van der Waals surface area contributed by atoms with Gasteiger partial charge in [-0.05, 0) is 72.4 Å². The molecule has 3 nitrogen and oxygen atoms in total. The maximum Gasteiger partial charge on any atom is 0.225 e. The first-order valence-electron chi connectivity index (χ1n) is 9.72. The summed E-state index contributed by atoms with van der Waals surface area (Å²) in [6, 6.07) is 8.63. The predicted molar refractivity (Wildman–Crippen MR) is 111 cm³/mol. The first-order valence-corrected chi connectivity index (χ1v) is 10.5. The molecule has 6 heteroatoms. The van der Waals surface area contributed by atoms with E-state index in [0.29, 0.717) is 28.7 Å². The minimum Gasteiger partial charge on any atom is -0.367 e. The third-order valence-electron chi connectivity index (χ3n) is 6.54. The number of hydrogen-bond donors (Lipinski definition) is 1. The molecule has 0 spiro atoms. The van der Waals surface area contributed by atoms with Gasteiger partial charge in [0.25, 0.3) is 0 Å².